The van der Waals surface area contributed by atoms with Gasteiger partial charge in [0.05, 0.1) is 6.10 Å². The third-order valence-electron chi connectivity index (χ3n) is 1.51. The highest BCUT2D eigenvalue weighted by Crippen LogP contribution is 2.29. The van der Waals surface area contributed by atoms with E-state index >= 15 is 0 Å². The van der Waals surface area contributed by atoms with Crippen molar-refractivity contribution in [3.05, 3.63) is 0 Å². The number of aliphatic hydroxyl groups is 1. The maximum absolute atomic E-state index is 9.70. The van der Waals surface area contributed by atoms with Crippen molar-refractivity contribution in [2.24, 2.45) is 0 Å². The van der Waals surface area contributed by atoms with E-state index in [1.807, 2.05) is 0 Å². The molecule has 0 aliphatic carbocycles. The van der Waals surface area contributed by atoms with Gasteiger partial charge in [-0.3, -0.25) is 0 Å². The van der Waals surface area contributed by atoms with Crippen LogP contribution < -0.4 is 0 Å². The lowest BCUT2D eigenvalue weighted by Crippen LogP contribution is -2.35. The maximum Gasteiger partial charge on any atom is 0.186 e. The second kappa shape index (κ2) is 2.49. The topological polar surface area (TPSA) is 38.7 Å². The highest BCUT2D eigenvalue weighted by molar-refractivity contribution is 4.85. The molecule has 3 nitrogen and oxygen atoms in total. The zero-order valence-electron chi connectivity index (χ0n) is 8.20. The molecule has 60 valence electrons. The Morgan fingerprint density at radius 3 is 3.00 bits per heavy atom. The number of hydrogen-bond donors (Lipinski definition) is 1. The molecule has 0 radical (unpaired) electrons. The van der Waals surface area contributed by atoms with E-state index in [0.717, 1.165) is 0 Å². The first-order valence-corrected chi connectivity index (χ1v) is 3.16. The van der Waals surface area contributed by atoms with Crippen LogP contribution in [0.1, 0.15) is 23.0 Å². The maximum atomic E-state index is 9.70. The van der Waals surface area contributed by atoms with E-state index < -0.39 is 24.4 Å². The van der Waals surface area contributed by atoms with Gasteiger partial charge >= 0.3 is 0 Å². The van der Waals surface area contributed by atoms with Crippen LogP contribution in [0.15, 0.2) is 0 Å². The van der Waals surface area contributed by atoms with Crippen LogP contribution in [0.25, 0.3) is 0 Å². The molecule has 1 heterocycles. The number of methoxy groups -OCH3 is 1. The molecule has 0 aromatic heterocycles. The van der Waals surface area contributed by atoms with E-state index in [2.05, 4.69) is 0 Å². The van der Waals surface area contributed by atoms with Crippen molar-refractivity contribution in [3.8, 4) is 0 Å². The summed E-state index contributed by atoms with van der Waals surface area (Å²) in [5.74, 6) is 0. The molecule has 0 aromatic carbocycles. The van der Waals surface area contributed by atoms with Gasteiger partial charge in [0.2, 0.25) is 0 Å². The SMILES string of the molecule is [2H]C[C@H]1O[C@H](OC)[C@](C)(O)[C@H]1[2H]. The Bertz CT molecular complexity index is 159. The van der Waals surface area contributed by atoms with Gasteiger partial charge in [0.25, 0.3) is 0 Å². The Kier molecular flexibility index (Phi) is 1.37. The molecule has 1 saturated heterocycles. The third-order valence-corrected chi connectivity index (χ3v) is 1.51. The van der Waals surface area contributed by atoms with Crippen LogP contribution in [0.5, 0.6) is 0 Å². The average Bonchev–Trinajstić information content (AvgIpc) is 2.25. The van der Waals surface area contributed by atoms with Crippen LogP contribution in [0.2, 0.25) is 0 Å². The second-order valence-electron chi connectivity index (χ2n) is 2.63. The lowest BCUT2D eigenvalue weighted by atomic mass is 10.0. The van der Waals surface area contributed by atoms with Gasteiger partial charge in [-0.05, 0) is 13.8 Å². The summed E-state index contributed by atoms with van der Waals surface area (Å²) in [6.45, 7) is 1.47. The van der Waals surface area contributed by atoms with E-state index in [9.17, 15) is 5.11 Å². The van der Waals surface area contributed by atoms with Gasteiger partial charge in [0, 0.05) is 16.2 Å². The molecule has 10 heavy (non-hydrogen) atoms. The average molecular weight is 148 g/mol. The molecule has 3 heteroatoms. The molecule has 1 aliphatic rings. The summed E-state index contributed by atoms with van der Waals surface area (Å²) in [5.41, 5.74) is -1.31. The van der Waals surface area contributed by atoms with Crippen molar-refractivity contribution in [1.82, 2.24) is 0 Å². The Morgan fingerprint density at radius 1 is 2.00 bits per heavy atom. The van der Waals surface area contributed by atoms with Crippen molar-refractivity contribution in [2.75, 3.05) is 7.11 Å². The van der Waals surface area contributed by atoms with Gasteiger partial charge < -0.3 is 14.6 Å². The van der Waals surface area contributed by atoms with Crippen LogP contribution in [0.3, 0.4) is 0 Å². The predicted octanol–water partition coefficient (Wildman–Crippen LogP) is 0.519. The first-order valence-electron chi connectivity index (χ1n) is 4.44. The molecule has 0 unspecified atom stereocenters. The van der Waals surface area contributed by atoms with E-state index in [0.29, 0.717) is 0 Å². The smallest absolute Gasteiger partial charge is 0.186 e. The van der Waals surface area contributed by atoms with Gasteiger partial charge in [-0.25, -0.2) is 0 Å². The lowest BCUT2D eigenvalue weighted by Gasteiger charge is -2.21. The molecular weight excluding hydrogens is 132 g/mol. The first kappa shape index (κ1) is 5.52. The van der Waals surface area contributed by atoms with E-state index in [1.54, 1.807) is 0 Å². The summed E-state index contributed by atoms with van der Waals surface area (Å²) in [4.78, 5) is 0. The molecule has 1 aliphatic heterocycles. The van der Waals surface area contributed by atoms with Crippen molar-refractivity contribution >= 4 is 0 Å². The normalized spacial score (nSPS) is 58.1. The molecule has 0 amide bonds. The van der Waals surface area contributed by atoms with E-state index in [4.69, 9.17) is 12.2 Å². The zero-order valence-corrected chi connectivity index (χ0v) is 6.20. The largest absolute Gasteiger partial charge is 0.385 e. The monoisotopic (exact) mass is 148 g/mol. The fourth-order valence-electron chi connectivity index (χ4n) is 1.08. The highest BCUT2D eigenvalue weighted by atomic mass is 16.7. The summed E-state index contributed by atoms with van der Waals surface area (Å²) in [6, 6.07) is 0. The molecule has 1 rings (SSSR count). The van der Waals surface area contributed by atoms with Gasteiger partial charge in [0.15, 0.2) is 6.29 Å². The summed E-state index contributed by atoms with van der Waals surface area (Å²) < 4.78 is 24.6. The highest BCUT2D eigenvalue weighted by Gasteiger charge is 2.42. The molecule has 1 fully saturated rings. The lowest BCUT2D eigenvalue weighted by molar-refractivity contribution is -0.178. The van der Waals surface area contributed by atoms with Crippen LogP contribution in [-0.4, -0.2) is 30.2 Å². The minimum Gasteiger partial charge on any atom is -0.385 e. The Labute approximate surface area is 63.8 Å². The minimum absolute atomic E-state index is 0.0236. The fourth-order valence-corrected chi connectivity index (χ4v) is 1.08. The van der Waals surface area contributed by atoms with Crippen LogP contribution in [-0.2, 0) is 9.47 Å². The molecule has 1 N–H and O–H groups in total. The number of hydrogen-bond acceptors (Lipinski definition) is 3. The molecule has 0 spiro atoms. The van der Waals surface area contributed by atoms with Crippen molar-refractivity contribution in [3.63, 3.8) is 0 Å². The number of rotatable bonds is 1. The zero-order chi connectivity index (χ0) is 9.35. The minimum atomic E-state index is -1.31. The quantitative estimate of drug-likeness (QED) is 0.589. The second-order valence-corrected chi connectivity index (χ2v) is 2.63. The predicted molar refractivity (Wildman–Crippen MR) is 36.6 cm³/mol. The van der Waals surface area contributed by atoms with Crippen molar-refractivity contribution in [1.29, 1.82) is 0 Å². The summed E-state index contributed by atoms with van der Waals surface area (Å²) in [7, 11) is 1.41. The Morgan fingerprint density at radius 2 is 2.70 bits per heavy atom. The molecular formula is C7H14O3. The van der Waals surface area contributed by atoms with Gasteiger partial charge in [0.1, 0.15) is 5.60 Å². The fraction of sp³-hybridized carbons (Fsp3) is 1.00. The van der Waals surface area contributed by atoms with Gasteiger partial charge in [-0.2, -0.15) is 0 Å². The van der Waals surface area contributed by atoms with Crippen LogP contribution >= 0.6 is 0 Å². The van der Waals surface area contributed by atoms with E-state index in [1.165, 1.54) is 14.0 Å². The van der Waals surface area contributed by atoms with Crippen molar-refractivity contribution < 1.29 is 17.3 Å². The molecule has 4 atom stereocenters. The molecule has 0 saturated carbocycles. The summed E-state index contributed by atoms with van der Waals surface area (Å²) in [6.07, 6.45) is -2.14. The van der Waals surface area contributed by atoms with Gasteiger partial charge in [-0.1, -0.05) is 0 Å². The molecule has 0 bridgehead atoms. The number of ether oxygens (including phenoxy) is 2. The Balaban J connectivity index is 2.73. The summed E-state index contributed by atoms with van der Waals surface area (Å²) in [5, 5.41) is 9.70. The third kappa shape index (κ3) is 1.31. The first-order chi connectivity index (χ1) is 5.54. The molecule has 0 aromatic rings. The standard InChI is InChI=1S/C7H14O3/c1-5-4-7(2,8)6(9-3)10-5/h5-6,8H,4H2,1-3H3/t5-,6+,7-/m1/s1/i1D,4D/t4-,5+,6-,7+/m0. The van der Waals surface area contributed by atoms with Crippen molar-refractivity contribution in [2.45, 2.75) is 38.2 Å². The summed E-state index contributed by atoms with van der Waals surface area (Å²) >= 11 is 0. The van der Waals surface area contributed by atoms with Crippen LogP contribution in [0, 0.1) is 0 Å². The van der Waals surface area contributed by atoms with E-state index in [-0.39, 0.29) is 6.90 Å². The van der Waals surface area contributed by atoms with Crippen LogP contribution in [0.4, 0.5) is 0 Å². The Hall–Kier alpha value is -0.120. The van der Waals surface area contributed by atoms with Gasteiger partial charge in [-0.15, -0.1) is 0 Å².